The van der Waals surface area contributed by atoms with Crippen LogP contribution in [-0.2, 0) is 19.9 Å². The van der Waals surface area contributed by atoms with E-state index in [1.165, 1.54) is 21.1 Å². The number of hydrogen-bond donors (Lipinski definition) is 2. The van der Waals surface area contributed by atoms with Crippen LogP contribution in [0.1, 0.15) is 12.5 Å². The highest BCUT2D eigenvalue weighted by Crippen LogP contribution is 2.31. The van der Waals surface area contributed by atoms with Crippen LogP contribution >= 0.6 is 0 Å². The summed E-state index contributed by atoms with van der Waals surface area (Å²) in [5, 5.41) is 4.92. The van der Waals surface area contributed by atoms with Crippen molar-refractivity contribution in [3.05, 3.63) is 59.7 Å². The normalized spacial score (nSPS) is 17.5. The highest BCUT2D eigenvalue weighted by molar-refractivity contribution is 6.09. The van der Waals surface area contributed by atoms with E-state index in [-0.39, 0.29) is 12.1 Å². The number of nitrogens with zero attached hydrogens (tertiary/aromatic N) is 2. The Labute approximate surface area is 188 Å². The van der Waals surface area contributed by atoms with Gasteiger partial charge in [-0.15, -0.1) is 0 Å². The third-order valence-electron chi connectivity index (χ3n) is 5.20. The summed E-state index contributed by atoms with van der Waals surface area (Å²) in [6.07, 6.45) is 0. The van der Waals surface area contributed by atoms with Crippen LogP contribution in [0.15, 0.2) is 42.5 Å². The molecule has 174 valence electrons. The summed E-state index contributed by atoms with van der Waals surface area (Å²) in [6, 6.07) is 8.23. The van der Waals surface area contributed by atoms with Gasteiger partial charge in [0.15, 0.2) is 0 Å². The lowest BCUT2D eigenvalue weighted by Gasteiger charge is -2.23. The molecule has 5 amide bonds. The lowest BCUT2D eigenvalue weighted by molar-refractivity contribution is -0.139. The number of anilines is 1. The summed E-state index contributed by atoms with van der Waals surface area (Å²) in [7, 11) is 2.81. The average molecular weight is 460 g/mol. The number of nitrogens with one attached hydrogen (secondary N) is 2. The summed E-state index contributed by atoms with van der Waals surface area (Å²) in [4.78, 5) is 51.7. The van der Waals surface area contributed by atoms with Gasteiger partial charge in [-0.1, -0.05) is 6.07 Å². The summed E-state index contributed by atoms with van der Waals surface area (Å²) in [5.74, 6) is -3.27. The van der Waals surface area contributed by atoms with Gasteiger partial charge in [-0.2, -0.15) is 0 Å². The van der Waals surface area contributed by atoms with Crippen LogP contribution in [-0.4, -0.2) is 60.8 Å². The van der Waals surface area contributed by atoms with E-state index in [1.807, 2.05) is 0 Å². The lowest BCUT2D eigenvalue weighted by atomic mass is 9.91. The molecule has 2 aromatic rings. The molecule has 3 rings (SSSR count). The Kier molecular flexibility index (Phi) is 6.61. The first-order valence-electron chi connectivity index (χ1n) is 9.82. The van der Waals surface area contributed by atoms with E-state index in [1.54, 1.807) is 24.3 Å². The number of likely N-dealkylation sites (N-methyl/N-ethyl adjacent to an activating group) is 1. The maximum Gasteiger partial charge on any atom is 0.325 e. The summed E-state index contributed by atoms with van der Waals surface area (Å²) >= 11 is 0. The van der Waals surface area contributed by atoms with Gasteiger partial charge in [0.2, 0.25) is 11.8 Å². The molecule has 9 nitrogen and oxygen atoms in total. The molecule has 0 saturated carbocycles. The van der Waals surface area contributed by atoms with Gasteiger partial charge < -0.3 is 20.3 Å². The Morgan fingerprint density at radius 2 is 1.91 bits per heavy atom. The van der Waals surface area contributed by atoms with Crippen LogP contribution in [0.3, 0.4) is 0 Å². The van der Waals surface area contributed by atoms with Gasteiger partial charge in [0, 0.05) is 24.4 Å². The third-order valence-corrected chi connectivity index (χ3v) is 5.20. The molecule has 1 atom stereocenters. The van der Waals surface area contributed by atoms with Crippen LogP contribution in [0.2, 0.25) is 0 Å². The monoisotopic (exact) mass is 460 g/mol. The van der Waals surface area contributed by atoms with Crippen molar-refractivity contribution >= 4 is 29.4 Å². The number of methoxy groups -OCH3 is 1. The first-order valence-corrected chi connectivity index (χ1v) is 9.82. The number of ether oxygens (including phenoxy) is 1. The zero-order valence-electron chi connectivity index (χ0n) is 18.1. The van der Waals surface area contributed by atoms with Crippen molar-refractivity contribution in [3.8, 4) is 5.75 Å². The van der Waals surface area contributed by atoms with Crippen molar-refractivity contribution in [2.75, 3.05) is 32.6 Å². The SMILES string of the molecule is COc1cccc(NC(=O)CN(C)C(=O)CN2C(=O)N[C@@](C)(c3cc(F)ccc3F)C2=O)c1. The van der Waals surface area contributed by atoms with E-state index < -0.39 is 47.5 Å². The number of hydrogen-bond acceptors (Lipinski definition) is 5. The number of rotatable bonds is 7. The topological polar surface area (TPSA) is 108 Å². The van der Waals surface area contributed by atoms with Crippen molar-refractivity contribution < 1.29 is 32.7 Å². The van der Waals surface area contributed by atoms with Crippen molar-refractivity contribution in [1.29, 1.82) is 0 Å². The van der Waals surface area contributed by atoms with E-state index in [4.69, 9.17) is 4.74 Å². The smallest absolute Gasteiger partial charge is 0.325 e. The van der Waals surface area contributed by atoms with Gasteiger partial charge in [0.05, 0.1) is 13.7 Å². The predicted molar refractivity (Wildman–Crippen MR) is 113 cm³/mol. The van der Waals surface area contributed by atoms with E-state index >= 15 is 0 Å². The summed E-state index contributed by atoms with van der Waals surface area (Å²) in [5.41, 5.74) is -1.78. The van der Waals surface area contributed by atoms with Gasteiger partial charge in [-0.05, 0) is 37.3 Å². The molecule has 33 heavy (non-hydrogen) atoms. The molecule has 2 aromatic carbocycles. The standard InChI is InChI=1S/C22H22F2N4O5/c1-22(16-9-13(23)7-8-17(16)24)20(31)28(21(32)26-22)12-19(30)27(2)11-18(29)25-14-5-4-6-15(10-14)33-3/h4-10H,11-12H2,1-3H3,(H,25,29)(H,26,32)/t22-/m0/s1. The lowest BCUT2D eigenvalue weighted by Crippen LogP contribution is -2.45. The number of imide groups is 1. The molecule has 1 aliphatic heterocycles. The summed E-state index contributed by atoms with van der Waals surface area (Å²) < 4.78 is 32.9. The van der Waals surface area contributed by atoms with Gasteiger partial charge in [0.1, 0.15) is 29.5 Å². The second-order valence-corrected chi connectivity index (χ2v) is 7.60. The predicted octanol–water partition coefficient (Wildman–Crippen LogP) is 1.84. The second kappa shape index (κ2) is 9.23. The van der Waals surface area contributed by atoms with Crippen LogP contribution in [0.5, 0.6) is 5.75 Å². The maximum absolute atomic E-state index is 14.2. The van der Waals surface area contributed by atoms with E-state index in [0.717, 1.165) is 23.1 Å². The van der Waals surface area contributed by atoms with Gasteiger partial charge >= 0.3 is 6.03 Å². The van der Waals surface area contributed by atoms with Crippen molar-refractivity contribution in [2.24, 2.45) is 0 Å². The van der Waals surface area contributed by atoms with E-state index in [0.29, 0.717) is 16.3 Å². The number of amides is 5. The van der Waals surface area contributed by atoms with Crippen LogP contribution in [0.25, 0.3) is 0 Å². The highest BCUT2D eigenvalue weighted by atomic mass is 19.1. The first kappa shape index (κ1) is 23.6. The van der Waals surface area contributed by atoms with E-state index in [2.05, 4.69) is 10.6 Å². The average Bonchev–Trinajstić information content (AvgIpc) is 2.99. The molecule has 2 N–H and O–H groups in total. The van der Waals surface area contributed by atoms with E-state index in [9.17, 15) is 28.0 Å². The zero-order chi connectivity index (χ0) is 24.3. The van der Waals surface area contributed by atoms with Crippen LogP contribution < -0.4 is 15.4 Å². The molecular weight excluding hydrogens is 438 g/mol. The minimum absolute atomic E-state index is 0.352. The Hall–Kier alpha value is -4.02. The molecule has 1 aliphatic rings. The minimum Gasteiger partial charge on any atom is -0.497 e. The minimum atomic E-state index is -1.88. The third kappa shape index (κ3) is 4.92. The number of carbonyl (C=O) groups is 4. The Bertz CT molecular complexity index is 1130. The largest absolute Gasteiger partial charge is 0.497 e. The molecule has 0 spiro atoms. The van der Waals surface area contributed by atoms with Gasteiger partial charge in [0.25, 0.3) is 5.91 Å². The fourth-order valence-electron chi connectivity index (χ4n) is 3.36. The quantitative estimate of drug-likeness (QED) is 0.613. The van der Waals surface area contributed by atoms with Crippen molar-refractivity contribution in [2.45, 2.75) is 12.5 Å². The molecule has 0 aliphatic carbocycles. The number of urea groups is 1. The molecule has 1 saturated heterocycles. The molecule has 1 heterocycles. The number of carbonyl (C=O) groups excluding carboxylic acids is 4. The number of halogens is 2. The van der Waals surface area contributed by atoms with Gasteiger partial charge in [-0.25, -0.2) is 13.6 Å². The fourth-order valence-corrected chi connectivity index (χ4v) is 3.36. The highest BCUT2D eigenvalue weighted by Gasteiger charge is 2.51. The molecule has 1 fully saturated rings. The first-order chi connectivity index (χ1) is 15.5. The van der Waals surface area contributed by atoms with Gasteiger partial charge in [-0.3, -0.25) is 19.3 Å². The fraction of sp³-hybridized carbons (Fsp3) is 0.273. The Morgan fingerprint density at radius 1 is 1.18 bits per heavy atom. The molecular formula is C22H22F2N4O5. The molecule has 0 radical (unpaired) electrons. The Balaban J connectivity index is 1.65. The van der Waals surface area contributed by atoms with Crippen LogP contribution in [0, 0.1) is 11.6 Å². The molecule has 0 aromatic heterocycles. The second-order valence-electron chi connectivity index (χ2n) is 7.60. The Morgan fingerprint density at radius 3 is 2.61 bits per heavy atom. The summed E-state index contributed by atoms with van der Waals surface area (Å²) in [6.45, 7) is 0.191. The van der Waals surface area contributed by atoms with Crippen molar-refractivity contribution in [1.82, 2.24) is 15.1 Å². The van der Waals surface area contributed by atoms with Crippen LogP contribution in [0.4, 0.5) is 19.3 Å². The molecule has 0 bridgehead atoms. The maximum atomic E-state index is 14.2. The zero-order valence-corrected chi connectivity index (χ0v) is 18.1. The number of benzene rings is 2. The molecule has 0 unspecified atom stereocenters. The molecule has 11 heteroatoms. The van der Waals surface area contributed by atoms with Crippen molar-refractivity contribution in [3.63, 3.8) is 0 Å².